The number of rotatable bonds is 7. The van der Waals surface area contributed by atoms with E-state index in [9.17, 15) is 8.42 Å². The van der Waals surface area contributed by atoms with E-state index in [4.69, 9.17) is 0 Å². The Labute approximate surface area is 121 Å². The van der Waals surface area contributed by atoms with Gasteiger partial charge in [-0.3, -0.25) is 0 Å². The minimum absolute atomic E-state index is 0.327. The van der Waals surface area contributed by atoms with E-state index >= 15 is 0 Å². The van der Waals surface area contributed by atoms with Crippen molar-refractivity contribution in [1.29, 1.82) is 0 Å². The summed E-state index contributed by atoms with van der Waals surface area (Å²) in [5, 5.41) is 3.46. The van der Waals surface area contributed by atoms with Gasteiger partial charge in [0.2, 0.25) is 10.0 Å². The minimum Gasteiger partial charge on any atom is -0.384 e. The molecule has 2 fully saturated rings. The average Bonchev–Trinajstić information content (AvgIpc) is 3.28. The summed E-state index contributed by atoms with van der Waals surface area (Å²) in [4.78, 5) is 0.327. The fourth-order valence-electron chi connectivity index (χ4n) is 2.89. The van der Waals surface area contributed by atoms with Crippen LogP contribution in [-0.4, -0.2) is 21.5 Å². The van der Waals surface area contributed by atoms with Gasteiger partial charge in [0.1, 0.15) is 0 Å². The molecule has 2 aliphatic rings. The molecule has 0 aliphatic heterocycles. The molecular formula is C15H22N2O2S. The molecule has 1 aromatic carbocycles. The molecule has 0 atom stereocenters. The molecule has 110 valence electrons. The summed E-state index contributed by atoms with van der Waals surface area (Å²) < 4.78 is 26.2. The number of anilines is 1. The van der Waals surface area contributed by atoms with E-state index in [0.717, 1.165) is 18.2 Å². The highest BCUT2D eigenvalue weighted by Crippen LogP contribution is 2.61. The summed E-state index contributed by atoms with van der Waals surface area (Å²) in [5.41, 5.74) is 1.56. The van der Waals surface area contributed by atoms with Crippen LogP contribution in [-0.2, 0) is 10.0 Å². The zero-order valence-electron chi connectivity index (χ0n) is 11.9. The first-order chi connectivity index (χ1) is 9.56. The Balaban J connectivity index is 1.61. The van der Waals surface area contributed by atoms with E-state index < -0.39 is 10.0 Å². The van der Waals surface area contributed by atoms with E-state index in [1.807, 2.05) is 12.1 Å². The Bertz CT molecular complexity index is 572. The first kappa shape index (κ1) is 13.9. The highest BCUT2D eigenvalue weighted by atomic mass is 32.2. The van der Waals surface area contributed by atoms with Crippen molar-refractivity contribution < 1.29 is 8.42 Å². The number of hydrogen-bond donors (Lipinski definition) is 2. The number of benzene rings is 1. The first-order valence-corrected chi connectivity index (χ1v) is 8.88. The third-order valence-electron chi connectivity index (χ3n) is 4.48. The van der Waals surface area contributed by atoms with Crippen LogP contribution >= 0.6 is 0 Å². The van der Waals surface area contributed by atoms with Gasteiger partial charge in [-0.1, -0.05) is 6.92 Å². The standard InChI is InChI=1S/C15H22N2O2S/c1-2-17-20(18,19)14-7-5-13(6-8-14)16-11-15(9-10-15)12-3-4-12/h5-8,12,16-17H,2-4,9-11H2,1H3. The van der Waals surface area contributed by atoms with Crippen LogP contribution in [0.25, 0.3) is 0 Å². The van der Waals surface area contributed by atoms with Gasteiger partial charge in [-0.15, -0.1) is 0 Å². The molecule has 0 unspecified atom stereocenters. The molecule has 0 aromatic heterocycles. The Kier molecular flexibility index (Phi) is 3.50. The topological polar surface area (TPSA) is 58.2 Å². The van der Waals surface area contributed by atoms with Crippen LogP contribution in [0.15, 0.2) is 29.2 Å². The van der Waals surface area contributed by atoms with Crippen molar-refractivity contribution in [3.05, 3.63) is 24.3 Å². The summed E-state index contributed by atoms with van der Waals surface area (Å²) in [6.07, 6.45) is 5.47. The molecule has 1 aromatic rings. The molecule has 0 spiro atoms. The zero-order valence-corrected chi connectivity index (χ0v) is 12.7. The largest absolute Gasteiger partial charge is 0.384 e. The molecule has 0 radical (unpaired) electrons. The molecule has 2 N–H and O–H groups in total. The lowest BCUT2D eigenvalue weighted by atomic mass is 10.0. The maximum Gasteiger partial charge on any atom is 0.240 e. The predicted molar refractivity (Wildman–Crippen MR) is 80.2 cm³/mol. The van der Waals surface area contributed by atoms with Gasteiger partial charge >= 0.3 is 0 Å². The van der Waals surface area contributed by atoms with Crippen molar-refractivity contribution >= 4 is 15.7 Å². The van der Waals surface area contributed by atoms with Gasteiger partial charge in [-0.05, 0) is 61.3 Å². The Morgan fingerprint density at radius 3 is 2.35 bits per heavy atom. The highest BCUT2D eigenvalue weighted by Gasteiger charge is 2.53. The average molecular weight is 294 g/mol. The molecule has 5 heteroatoms. The maximum absolute atomic E-state index is 11.8. The second-order valence-corrected chi connectivity index (χ2v) is 7.78. The van der Waals surface area contributed by atoms with E-state index in [-0.39, 0.29) is 0 Å². The molecule has 0 heterocycles. The Morgan fingerprint density at radius 2 is 1.85 bits per heavy atom. The monoisotopic (exact) mass is 294 g/mol. The second-order valence-electron chi connectivity index (χ2n) is 6.02. The van der Waals surface area contributed by atoms with E-state index in [2.05, 4.69) is 10.0 Å². The highest BCUT2D eigenvalue weighted by molar-refractivity contribution is 7.89. The Morgan fingerprint density at radius 1 is 1.20 bits per heavy atom. The van der Waals surface area contributed by atoms with Crippen LogP contribution in [0.1, 0.15) is 32.6 Å². The van der Waals surface area contributed by atoms with Gasteiger partial charge in [0.15, 0.2) is 0 Å². The maximum atomic E-state index is 11.8. The van der Waals surface area contributed by atoms with Crippen molar-refractivity contribution in [2.75, 3.05) is 18.4 Å². The smallest absolute Gasteiger partial charge is 0.240 e. The quantitative estimate of drug-likeness (QED) is 0.812. The number of sulfonamides is 1. The molecule has 3 rings (SSSR count). The van der Waals surface area contributed by atoms with Crippen molar-refractivity contribution in [3.63, 3.8) is 0 Å². The summed E-state index contributed by atoms with van der Waals surface area (Å²) in [6.45, 7) is 3.21. The molecular weight excluding hydrogens is 272 g/mol. The van der Waals surface area contributed by atoms with Crippen molar-refractivity contribution in [2.45, 2.75) is 37.5 Å². The van der Waals surface area contributed by atoms with Gasteiger partial charge in [-0.2, -0.15) is 0 Å². The predicted octanol–water partition coefficient (Wildman–Crippen LogP) is 2.59. The zero-order chi connectivity index (χ0) is 14.2. The van der Waals surface area contributed by atoms with Crippen LogP contribution in [0.3, 0.4) is 0 Å². The Hall–Kier alpha value is -1.07. The van der Waals surface area contributed by atoms with Crippen LogP contribution in [0.5, 0.6) is 0 Å². The molecule has 0 saturated heterocycles. The van der Waals surface area contributed by atoms with Crippen molar-refractivity contribution in [1.82, 2.24) is 4.72 Å². The summed E-state index contributed by atoms with van der Waals surface area (Å²) in [6, 6.07) is 7.04. The molecule has 0 amide bonds. The third-order valence-corrected chi connectivity index (χ3v) is 6.04. The van der Waals surface area contributed by atoms with Crippen LogP contribution in [0, 0.1) is 11.3 Å². The molecule has 2 aliphatic carbocycles. The van der Waals surface area contributed by atoms with E-state index in [1.54, 1.807) is 19.1 Å². The lowest BCUT2D eigenvalue weighted by Gasteiger charge is -2.16. The van der Waals surface area contributed by atoms with Crippen molar-refractivity contribution in [2.24, 2.45) is 11.3 Å². The molecule has 4 nitrogen and oxygen atoms in total. The van der Waals surface area contributed by atoms with Gasteiger partial charge in [-0.25, -0.2) is 13.1 Å². The molecule has 2 saturated carbocycles. The van der Waals surface area contributed by atoms with E-state index in [0.29, 0.717) is 16.9 Å². The lowest BCUT2D eigenvalue weighted by Crippen LogP contribution is -2.23. The SMILES string of the molecule is CCNS(=O)(=O)c1ccc(NCC2(C3CC3)CC2)cc1. The van der Waals surface area contributed by atoms with Crippen LogP contribution in [0.2, 0.25) is 0 Å². The summed E-state index contributed by atoms with van der Waals surface area (Å²) in [7, 11) is -3.34. The molecule has 20 heavy (non-hydrogen) atoms. The lowest BCUT2D eigenvalue weighted by molar-refractivity contribution is 0.467. The fraction of sp³-hybridized carbons (Fsp3) is 0.600. The minimum atomic E-state index is -3.34. The number of nitrogens with one attached hydrogen (secondary N) is 2. The van der Waals surface area contributed by atoms with E-state index in [1.165, 1.54) is 25.7 Å². The third kappa shape index (κ3) is 2.83. The number of hydrogen-bond acceptors (Lipinski definition) is 3. The van der Waals surface area contributed by atoms with Crippen molar-refractivity contribution in [3.8, 4) is 0 Å². The molecule has 0 bridgehead atoms. The van der Waals surface area contributed by atoms with Gasteiger partial charge in [0, 0.05) is 18.8 Å². The fourth-order valence-corrected chi connectivity index (χ4v) is 3.93. The first-order valence-electron chi connectivity index (χ1n) is 7.39. The summed E-state index contributed by atoms with van der Waals surface area (Å²) >= 11 is 0. The normalized spacial score (nSPS) is 20.6. The second kappa shape index (κ2) is 5.04. The van der Waals surface area contributed by atoms with Crippen LogP contribution in [0.4, 0.5) is 5.69 Å². The van der Waals surface area contributed by atoms with Gasteiger partial charge < -0.3 is 5.32 Å². The van der Waals surface area contributed by atoms with Gasteiger partial charge in [0.05, 0.1) is 4.90 Å². The van der Waals surface area contributed by atoms with Gasteiger partial charge in [0.25, 0.3) is 0 Å². The van der Waals surface area contributed by atoms with Crippen LogP contribution < -0.4 is 10.0 Å². The summed E-state index contributed by atoms with van der Waals surface area (Å²) in [5.74, 6) is 0.934.